The van der Waals surface area contributed by atoms with E-state index in [1.165, 1.54) is 0 Å². The number of carbonyl (C=O) groups excluding carboxylic acids is 1. The third-order valence-electron chi connectivity index (χ3n) is 6.17. The maximum atomic E-state index is 13.5. The first-order valence-electron chi connectivity index (χ1n) is 11.4. The number of ether oxygens (including phenoxy) is 1. The topological polar surface area (TPSA) is 71.5 Å². The van der Waals surface area contributed by atoms with Crippen LogP contribution in [0.1, 0.15) is 42.1 Å². The molecule has 0 aliphatic carbocycles. The smallest absolute Gasteiger partial charge is 0.227 e. The van der Waals surface area contributed by atoms with Gasteiger partial charge in [-0.15, -0.1) is 0 Å². The third-order valence-corrected chi connectivity index (χ3v) is 6.17. The number of hydrogen-bond donors (Lipinski definition) is 0. The Morgan fingerprint density at radius 2 is 1.91 bits per heavy atom. The lowest BCUT2D eigenvalue weighted by atomic mass is 9.92. The molecule has 1 saturated heterocycles. The maximum absolute atomic E-state index is 13.5. The molecule has 0 unspecified atom stereocenters. The molecule has 1 atom stereocenters. The van der Waals surface area contributed by atoms with E-state index in [2.05, 4.69) is 9.97 Å². The van der Waals surface area contributed by atoms with Crippen LogP contribution in [0.15, 0.2) is 48.9 Å². The molecular weight excluding hydrogens is 414 g/mol. The van der Waals surface area contributed by atoms with Crippen molar-refractivity contribution in [3.63, 3.8) is 0 Å². The number of pyridine rings is 1. The zero-order valence-electron chi connectivity index (χ0n) is 19.8. The zero-order valence-corrected chi connectivity index (χ0v) is 19.8. The number of likely N-dealkylation sites (tertiary alicyclic amines) is 1. The van der Waals surface area contributed by atoms with Crippen molar-refractivity contribution in [2.75, 3.05) is 32.6 Å². The Labute approximate surface area is 195 Å². The van der Waals surface area contributed by atoms with E-state index in [0.29, 0.717) is 12.4 Å². The van der Waals surface area contributed by atoms with Crippen LogP contribution in [0.25, 0.3) is 11.1 Å². The molecular formula is C26H31N5O2. The van der Waals surface area contributed by atoms with Crippen molar-refractivity contribution in [3.05, 3.63) is 65.7 Å². The normalized spacial score (nSPS) is 15.9. The van der Waals surface area contributed by atoms with E-state index in [-0.39, 0.29) is 11.9 Å². The summed E-state index contributed by atoms with van der Waals surface area (Å²) in [5.74, 6) is 1.55. The van der Waals surface area contributed by atoms with Gasteiger partial charge in [-0.2, -0.15) is 0 Å². The second-order valence-electron chi connectivity index (χ2n) is 8.68. The van der Waals surface area contributed by atoms with Gasteiger partial charge in [0.15, 0.2) is 0 Å². The number of aromatic nitrogens is 3. The van der Waals surface area contributed by atoms with Crippen LogP contribution in [0.5, 0.6) is 5.75 Å². The lowest BCUT2D eigenvalue weighted by Gasteiger charge is -2.36. The van der Waals surface area contributed by atoms with Crippen LogP contribution in [0, 0.1) is 6.92 Å². The number of benzene rings is 1. The minimum atomic E-state index is -0.0891. The lowest BCUT2D eigenvalue weighted by molar-refractivity contribution is -0.134. The fourth-order valence-electron chi connectivity index (χ4n) is 4.37. The first kappa shape index (κ1) is 22.7. The number of piperidine rings is 1. The summed E-state index contributed by atoms with van der Waals surface area (Å²) in [7, 11) is 5.51. The number of carbonyl (C=O) groups is 1. The number of rotatable bonds is 6. The average molecular weight is 446 g/mol. The largest absolute Gasteiger partial charge is 0.497 e. The molecule has 0 radical (unpaired) electrons. The summed E-state index contributed by atoms with van der Waals surface area (Å²) in [6, 6.07) is 9.61. The molecule has 0 saturated carbocycles. The molecule has 1 aromatic carbocycles. The third kappa shape index (κ3) is 4.97. The van der Waals surface area contributed by atoms with Gasteiger partial charge in [-0.1, -0.05) is 12.1 Å². The Morgan fingerprint density at radius 3 is 2.61 bits per heavy atom. The Kier molecular flexibility index (Phi) is 6.87. The SMILES string of the molecule is COc1ccc(CC(=O)N2CCCC[C@@H]2c2nc(N(C)C)ncc2-c2ccncc2C)cc1. The predicted octanol–water partition coefficient (Wildman–Crippen LogP) is 4.22. The van der Waals surface area contributed by atoms with Crippen LogP contribution in [-0.2, 0) is 11.2 Å². The summed E-state index contributed by atoms with van der Waals surface area (Å²) >= 11 is 0. The Hall–Kier alpha value is -3.48. The average Bonchev–Trinajstić information content (AvgIpc) is 2.84. The summed E-state index contributed by atoms with van der Waals surface area (Å²) in [5, 5.41) is 0. The molecule has 0 spiro atoms. The summed E-state index contributed by atoms with van der Waals surface area (Å²) in [6.07, 6.45) is 8.84. The van der Waals surface area contributed by atoms with E-state index in [1.54, 1.807) is 13.3 Å². The zero-order chi connectivity index (χ0) is 23.4. The van der Waals surface area contributed by atoms with Gasteiger partial charge in [0.2, 0.25) is 11.9 Å². The monoisotopic (exact) mass is 445 g/mol. The number of aryl methyl sites for hydroxylation is 1. The molecule has 0 bridgehead atoms. The van der Waals surface area contributed by atoms with Gasteiger partial charge in [-0.05, 0) is 61.1 Å². The van der Waals surface area contributed by atoms with Crippen molar-refractivity contribution in [2.45, 2.75) is 38.6 Å². The molecule has 33 heavy (non-hydrogen) atoms. The van der Waals surface area contributed by atoms with Crippen molar-refractivity contribution in [2.24, 2.45) is 0 Å². The van der Waals surface area contributed by atoms with Gasteiger partial charge >= 0.3 is 0 Å². The van der Waals surface area contributed by atoms with Gasteiger partial charge in [0.05, 0.1) is 25.3 Å². The highest BCUT2D eigenvalue weighted by Crippen LogP contribution is 2.37. The van der Waals surface area contributed by atoms with Gasteiger partial charge in [0.1, 0.15) is 5.75 Å². The summed E-state index contributed by atoms with van der Waals surface area (Å²) in [4.78, 5) is 31.2. The molecule has 1 amide bonds. The molecule has 3 aromatic rings. The maximum Gasteiger partial charge on any atom is 0.227 e. The highest BCUT2D eigenvalue weighted by atomic mass is 16.5. The molecule has 3 heterocycles. The molecule has 1 aliphatic heterocycles. The van der Waals surface area contributed by atoms with Crippen molar-refractivity contribution in [3.8, 4) is 16.9 Å². The molecule has 0 N–H and O–H groups in total. The minimum Gasteiger partial charge on any atom is -0.497 e. The molecule has 2 aromatic heterocycles. The second kappa shape index (κ2) is 9.98. The first-order chi connectivity index (χ1) is 16.0. The second-order valence-corrected chi connectivity index (χ2v) is 8.68. The quantitative estimate of drug-likeness (QED) is 0.566. The van der Waals surface area contributed by atoms with E-state index in [4.69, 9.17) is 9.72 Å². The van der Waals surface area contributed by atoms with E-state index in [9.17, 15) is 4.79 Å². The van der Waals surface area contributed by atoms with Gasteiger partial charge in [-0.25, -0.2) is 9.97 Å². The van der Waals surface area contributed by atoms with E-state index in [1.807, 2.05) is 73.5 Å². The predicted molar refractivity (Wildman–Crippen MR) is 129 cm³/mol. The van der Waals surface area contributed by atoms with Crippen molar-refractivity contribution >= 4 is 11.9 Å². The van der Waals surface area contributed by atoms with Crippen LogP contribution < -0.4 is 9.64 Å². The van der Waals surface area contributed by atoms with Gasteiger partial charge in [0, 0.05) is 44.8 Å². The van der Waals surface area contributed by atoms with E-state index in [0.717, 1.165) is 59.5 Å². The Morgan fingerprint density at radius 1 is 1.12 bits per heavy atom. The van der Waals surface area contributed by atoms with Crippen molar-refractivity contribution in [1.29, 1.82) is 0 Å². The minimum absolute atomic E-state index is 0.0891. The number of anilines is 1. The lowest BCUT2D eigenvalue weighted by Crippen LogP contribution is -2.40. The van der Waals surface area contributed by atoms with Crippen LogP contribution in [0.2, 0.25) is 0 Å². The number of hydrogen-bond acceptors (Lipinski definition) is 6. The number of amides is 1. The fraction of sp³-hybridized carbons (Fsp3) is 0.385. The molecule has 7 nitrogen and oxygen atoms in total. The molecule has 1 fully saturated rings. The highest BCUT2D eigenvalue weighted by Gasteiger charge is 2.31. The van der Waals surface area contributed by atoms with Gasteiger partial charge in [0.25, 0.3) is 0 Å². The molecule has 7 heteroatoms. The Balaban J connectivity index is 1.70. The van der Waals surface area contributed by atoms with Crippen LogP contribution >= 0.6 is 0 Å². The number of nitrogens with zero attached hydrogens (tertiary/aromatic N) is 5. The molecule has 172 valence electrons. The van der Waals surface area contributed by atoms with Crippen LogP contribution in [0.4, 0.5) is 5.95 Å². The summed E-state index contributed by atoms with van der Waals surface area (Å²) in [5.41, 5.74) is 4.97. The number of methoxy groups -OCH3 is 1. The summed E-state index contributed by atoms with van der Waals surface area (Å²) in [6.45, 7) is 2.77. The van der Waals surface area contributed by atoms with E-state index >= 15 is 0 Å². The van der Waals surface area contributed by atoms with E-state index < -0.39 is 0 Å². The summed E-state index contributed by atoms with van der Waals surface area (Å²) < 4.78 is 5.24. The highest BCUT2D eigenvalue weighted by molar-refractivity contribution is 5.80. The van der Waals surface area contributed by atoms with Crippen LogP contribution in [0.3, 0.4) is 0 Å². The van der Waals surface area contributed by atoms with Gasteiger partial charge in [-0.3, -0.25) is 9.78 Å². The molecule has 1 aliphatic rings. The van der Waals surface area contributed by atoms with Gasteiger partial charge < -0.3 is 14.5 Å². The standard InChI is InChI=1S/C26H31N5O2/c1-18-16-27-13-12-21(18)22-17-28-26(30(2)3)29-25(22)23-7-5-6-14-31(23)24(32)15-19-8-10-20(33-4)11-9-19/h8-13,16-17,23H,5-7,14-15H2,1-4H3/t23-/m1/s1. The van der Waals surface area contributed by atoms with Crippen molar-refractivity contribution in [1.82, 2.24) is 19.9 Å². The van der Waals surface area contributed by atoms with Crippen LogP contribution in [-0.4, -0.2) is 53.5 Å². The molecule has 4 rings (SSSR count). The Bertz CT molecular complexity index is 1110. The fourth-order valence-corrected chi connectivity index (χ4v) is 4.37. The first-order valence-corrected chi connectivity index (χ1v) is 11.4. The van der Waals surface area contributed by atoms with Crippen molar-refractivity contribution < 1.29 is 9.53 Å².